The van der Waals surface area contributed by atoms with Gasteiger partial charge in [-0.05, 0) is 32.6 Å². The van der Waals surface area contributed by atoms with E-state index in [0.29, 0.717) is 31.4 Å². The fraction of sp³-hybridized carbons (Fsp3) is 0.765. The number of esters is 1. The molecule has 2 unspecified atom stereocenters. The van der Waals surface area contributed by atoms with Crippen molar-refractivity contribution in [2.24, 2.45) is 5.92 Å². The molecule has 150 valence electrons. The molecule has 3 heterocycles. The zero-order valence-electron chi connectivity index (χ0n) is 15.5. The number of nitrogens with one attached hydrogen (secondary N) is 1. The molecule has 0 spiro atoms. The molecule has 2 aliphatic rings. The van der Waals surface area contributed by atoms with E-state index in [2.05, 4.69) is 10.2 Å². The predicted molar refractivity (Wildman–Crippen MR) is 98.5 cm³/mol. The lowest BCUT2D eigenvalue weighted by Crippen LogP contribution is -2.43. The molecule has 0 aromatic carbocycles. The molecule has 0 bridgehead atoms. The third kappa shape index (κ3) is 5.13. The van der Waals surface area contributed by atoms with Crippen LogP contribution < -0.4 is 5.69 Å². The van der Waals surface area contributed by atoms with Crippen LogP contribution in [0.4, 0.5) is 0 Å². The lowest BCUT2D eigenvalue weighted by molar-refractivity contribution is -0.151. The van der Waals surface area contributed by atoms with Crippen LogP contribution in [0.25, 0.3) is 0 Å². The number of hydrogen-bond acceptors (Lipinski definition) is 7. The minimum atomic E-state index is -0.291. The van der Waals surface area contributed by atoms with E-state index in [4.69, 9.17) is 9.47 Å². The van der Waals surface area contributed by atoms with Crippen LogP contribution >= 0.6 is 11.8 Å². The first-order valence-electron chi connectivity index (χ1n) is 9.42. The van der Waals surface area contributed by atoms with Crippen LogP contribution in [0.15, 0.2) is 9.95 Å². The molecule has 10 heteroatoms. The second-order valence-electron chi connectivity index (χ2n) is 6.78. The monoisotopic (exact) mass is 398 g/mol. The molecule has 1 aromatic rings. The molecular weight excluding hydrogens is 372 g/mol. The zero-order chi connectivity index (χ0) is 19.2. The SMILES string of the molecule is CCOC(=O)C1CCCN(C(=O)CSc2n[nH]c(=O)n2CC2CCCO2)C1. The summed E-state index contributed by atoms with van der Waals surface area (Å²) in [4.78, 5) is 38.2. The molecule has 1 aromatic heterocycles. The Morgan fingerprint density at radius 3 is 2.96 bits per heavy atom. The van der Waals surface area contributed by atoms with Crippen LogP contribution in [0.3, 0.4) is 0 Å². The second kappa shape index (κ2) is 9.41. The average molecular weight is 398 g/mol. The number of nitrogens with zero attached hydrogens (tertiary/aromatic N) is 3. The topological polar surface area (TPSA) is 107 Å². The highest BCUT2D eigenvalue weighted by Gasteiger charge is 2.29. The molecule has 1 amide bonds. The zero-order valence-corrected chi connectivity index (χ0v) is 16.3. The number of carbonyl (C=O) groups excluding carboxylic acids is 2. The van der Waals surface area contributed by atoms with Gasteiger partial charge in [0.25, 0.3) is 0 Å². The summed E-state index contributed by atoms with van der Waals surface area (Å²) in [5, 5.41) is 6.96. The second-order valence-corrected chi connectivity index (χ2v) is 7.72. The molecule has 9 nitrogen and oxygen atoms in total. The number of amides is 1. The number of H-pyrrole nitrogens is 1. The van der Waals surface area contributed by atoms with Gasteiger partial charge in [-0.1, -0.05) is 11.8 Å². The Morgan fingerprint density at radius 1 is 1.37 bits per heavy atom. The molecule has 0 aliphatic carbocycles. The van der Waals surface area contributed by atoms with Gasteiger partial charge in [0.2, 0.25) is 5.91 Å². The van der Waals surface area contributed by atoms with Gasteiger partial charge in [0.1, 0.15) is 0 Å². The summed E-state index contributed by atoms with van der Waals surface area (Å²) in [6, 6.07) is 0. The van der Waals surface area contributed by atoms with Gasteiger partial charge >= 0.3 is 11.7 Å². The Morgan fingerprint density at radius 2 is 2.22 bits per heavy atom. The van der Waals surface area contributed by atoms with Crippen molar-refractivity contribution >= 4 is 23.6 Å². The van der Waals surface area contributed by atoms with Crippen molar-refractivity contribution in [3.8, 4) is 0 Å². The molecule has 27 heavy (non-hydrogen) atoms. The highest BCUT2D eigenvalue weighted by atomic mass is 32.2. The van der Waals surface area contributed by atoms with Crippen LogP contribution in [-0.4, -0.2) is 69.7 Å². The Hall–Kier alpha value is -1.81. The van der Waals surface area contributed by atoms with Crippen LogP contribution in [0.1, 0.15) is 32.6 Å². The van der Waals surface area contributed by atoms with Gasteiger partial charge in [-0.25, -0.2) is 9.89 Å². The number of piperidine rings is 1. The normalized spacial score (nSPS) is 22.8. The van der Waals surface area contributed by atoms with Gasteiger partial charge < -0.3 is 14.4 Å². The average Bonchev–Trinajstić information content (AvgIpc) is 3.31. The minimum absolute atomic E-state index is 0.0165. The third-order valence-corrected chi connectivity index (χ3v) is 5.81. The van der Waals surface area contributed by atoms with E-state index < -0.39 is 0 Å². The summed E-state index contributed by atoms with van der Waals surface area (Å²) in [6.07, 6.45) is 3.46. The molecule has 0 saturated carbocycles. The van der Waals surface area contributed by atoms with E-state index in [1.807, 2.05) is 0 Å². The van der Waals surface area contributed by atoms with Gasteiger partial charge in [-0.2, -0.15) is 0 Å². The largest absolute Gasteiger partial charge is 0.466 e. The number of carbonyl (C=O) groups is 2. The maximum Gasteiger partial charge on any atom is 0.344 e. The predicted octanol–water partition coefficient (Wildman–Crippen LogP) is 0.644. The number of thioether (sulfide) groups is 1. The highest BCUT2D eigenvalue weighted by molar-refractivity contribution is 7.99. The van der Waals surface area contributed by atoms with Crippen LogP contribution in [-0.2, 0) is 25.6 Å². The summed E-state index contributed by atoms with van der Waals surface area (Å²) < 4.78 is 12.2. The van der Waals surface area contributed by atoms with Crippen molar-refractivity contribution in [1.29, 1.82) is 0 Å². The maximum atomic E-state index is 12.6. The van der Waals surface area contributed by atoms with Crippen LogP contribution in [0.2, 0.25) is 0 Å². The smallest absolute Gasteiger partial charge is 0.344 e. The van der Waals surface area contributed by atoms with E-state index in [1.54, 1.807) is 11.8 Å². The van der Waals surface area contributed by atoms with Crippen molar-refractivity contribution in [2.75, 3.05) is 32.1 Å². The van der Waals surface area contributed by atoms with E-state index in [0.717, 1.165) is 32.3 Å². The van der Waals surface area contributed by atoms with E-state index in [-0.39, 0.29) is 35.3 Å². The molecule has 3 rings (SSSR count). The molecular formula is C17H26N4O5S. The summed E-state index contributed by atoms with van der Waals surface area (Å²) >= 11 is 1.23. The summed E-state index contributed by atoms with van der Waals surface area (Å²) in [5.74, 6) is -0.380. The fourth-order valence-electron chi connectivity index (χ4n) is 3.44. The Bertz CT molecular complexity index is 712. The first kappa shape index (κ1) is 19.9. The number of aromatic nitrogens is 3. The summed E-state index contributed by atoms with van der Waals surface area (Å²) in [6.45, 7) is 4.32. The first-order chi connectivity index (χ1) is 13.1. The van der Waals surface area contributed by atoms with Gasteiger partial charge in [-0.3, -0.25) is 14.2 Å². The van der Waals surface area contributed by atoms with Gasteiger partial charge in [0, 0.05) is 19.7 Å². The summed E-state index contributed by atoms with van der Waals surface area (Å²) in [5.41, 5.74) is -0.291. The van der Waals surface area contributed by atoms with Crippen molar-refractivity contribution in [3.63, 3.8) is 0 Å². The first-order valence-corrected chi connectivity index (χ1v) is 10.4. The fourth-order valence-corrected chi connectivity index (χ4v) is 4.30. The standard InChI is InChI=1S/C17H26N4O5S/c1-2-25-15(23)12-5-3-7-20(9-12)14(22)11-27-17-19-18-16(24)21(17)10-13-6-4-8-26-13/h12-13H,2-11H2,1H3,(H,18,24). The van der Waals surface area contributed by atoms with Crippen molar-refractivity contribution < 1.29 is 19.1 Å². The Kier molecular flexibility index (Phi) is 6.95. The van der Waals surface area contributed by atoms with Gasteiger partial charge in [-0.15, -0.1) is 5.10 Å². The summed E-state index contributed by atoms with van der Waals surface area (Å²) in [7, 11) is 0. The Labute approximate surface area is 161 Å². The van der Waals surface area contributed by atoms with Crippen molar-refractivity contribution in [2.45, 2.75) is 50.4 Å². The van der Waals surface area contributed by atoms with Crippen molar-refractivity contribution in [1.82, 2.24) is 19.7 Å². The van der Waals surface area contributed by atoms with Crippen molar-refractivity contribution in [3.05, 3.63) is 10.5 Å². The molecule has 0 radical (unpaired) electrons. The van der Waals surface area contributed by atoms with Crippen LogP contribution in [0.5, 0.6) is 0 Å². The quantitative estimate of drug-likeness (QED) is 0.531. The maximum absolute atomic E-state index is 12.6. The number of rotatable bonds is 7. The number of ether oxygens (including phenoxy) is 2. The van der Waals surface area contributed by atoms with Gasteiger partial charge in [0.05, 0.1) is 30.9 Å². The van der Waals surface area contributed by atoms with E-state index in [1.165, 1.54) is 16.3 Å². The lowest BCUT2D eigenvalue weighted by Gasteiger charge is -2.31. The Balaban J connectivity index is 1.54. The highest BCUT2D eigenvalue weighted by Crippen LogP contribution is 2.21. The molecule has 2 atom stereocenters. The third-order valence-electron chi connectivity index (χ3n) is 4.85. The molecule has 2 fully saturated rings. The van der Waals surface area contributed by atoms with Crippen LogP contribution in [0, 0.1) is 5.92 Å². The van der Waals surface area contributed by atoms with E-state index in [9.17, 15) is 14.4 Å². The number of likely N-dealkylation sites (tertiary alicyclic amines) is 1. The number of aromatic amines is 1. The molecule has 2 saturated heterocycles. The van der Waals surface area contributed by atoms with Gasteiger partial charge in [0.15, 0.2) is 5.16 Å². The van der Waals surface area contributed by atoms with E-state index >= 15 is 0 Å². The lowest BCUT2D eigenvalue weighted by atomic mass is 9.98. The molecule has 1 N–H and O–H groups in total. The number of hydrogen-bond donors (Lipinski definition) is 1. The molecule has 2 aliphatic heterocycles. The minimum Gasteiger partial charge on any atom is -0.466 e.